The van der Waals surface area contributed by atoms with Crippen LogP contribution in [0, 0.1) is 0 Å². The van der Waals surface area contributed by atoms with E-state index in [-0.39, 0.29) is 23.4 Å². The predicted molar refractivity (Wildman–Crippen MR) is 61.7 cm³/mol. The second-order valence-electron chi connectivity index (χ2n) is 2.88. The first-order chi connectivity index (χ1) is 7.63. The summed E-state index contributed by atoms with van der Waals surface area (Å²) in [5.74, 6) is -0.0996. The molecule has 0 amide bonds. The number of carbonyl (C=O) groups is 1. The standard InChI is InChI=1S/C10H12ClN3O2/c1-2-16-8(15)5-3-4-7-6-13-10(12)9(11)14-7/h3-4,6H,2,5H2,1H3,(H2,12,13). The zero-order chi connectivity index (χ0) is 12.0. The molecule has 0 spiro atoms. The topological polar surface area (TPSA) is 78.1 Å². The number of nitrogens with zero attached hydrogens (tertiary/aromatic N) is 2. The van der Waals surface area contributed by atoms with Crippen molar-refractivity contribution >= 4 is 29.5 Å². The molecule has 0 saturated carbocycles. The monoisotopic (exact) mass is 241 g/mol. The Morgan fingerprint density at radius 2 is 2.44 bits per heavy atom. The highest BCUT2D eigenvalue weighted by Crippen LogP contribution is 2.12. The van der Waals surface area contributed by atoms with Crippen LogP contribution in [0.25, 0.3) is 6.08 Å². The number of nitrogens with two attached hydrogens (primary N) is 1. The molecule has 1 aromatic rings. The van der Waals surface area contributed by atoms with Gasteiger partial charge in [-0.1, -0.05) is 17.7 Å². The summed E-state index contributed by atoms with van der Waals surface area (Å²) in [6, 6.07) is 0. The van der Waals surface area contributed by atoms with Crippen LogP contribution in [0.15, 0.2) is 12.3 Å². The minimum atomic E-state index is -0.284. The van der Waals surface area contributed by atoms with Crippen molar-refractivity contribution in [2.45, 2.75) is 13.3 Å². The van der Waals surface area contributed by atoms with Crippen LogP contribution in [0.4, 0.5) is 5.82 Å². The number of carbonyl (C=O) groups excluding carboxylic acids is 1. The lowest BCUT2D eigenvalue weighted by Gasteiger charge is -1.98. The molecular weight excluding hydrogens is 230 g/mol. The molecule has 5 nitrogen and oxygen atoms in total. The number of halogens is 1. The molecule has 0 aromatic carbocycles. The summed E-state index contributed by atoms with van der Waals surface area (Å²) in [6.45, 7) is 2.13. The average molecular weight is 242 g/mol. The van der Waals surface area contributed by atoms with E-state index in [1.807, 2.05) is 0 Å². The largest absolute Gasteiger partial charge is 0.466 e. The molecule has 1 aromatic heterocycles. The molecular formula is C10H12ClN3O2. The zero-order valence-electron chi connectivity index (χ0n) is 8.81. The van der Waals surface area contributed by atoms with Crippen molar-refractivity contribution in [1.82, 2.24) is 9.97 Å². The van der Waals surface area contributed by atoms with Crippen molar-refractivity contribution in [3.05, 3.63) is 23.1 Å². The molecule has 0 atom stereocenters. The fourth-order valence-corrected chi connectivity index (χ4v) is 1.11. The fraction of sp³-hybridized carbons (Fsp3) is 0.300. The number of aromatic nitrogens is 2. The van der Waals surface area contributed by atoms with E-state index in [2.05, 4.69) is 9.97 Å². The van der Waals surface area contributed by atoms with Gasteiger partial charge in [-0.05, 0) is 13.0 Å². The van der Waals surface area contributed by atoms with Crippen molar-refractivity contribution in [3.8, 4) is 0 Å². The maximum Gasteiger partial charge on any atom is 0.309 e. The minimum Gasteiger partial charge on any atom is -0.466 e. The van der Waals surface area contributed by atoms with E-state index in [4.69, 9.17) is 22.1 Å². The quantitative estimate of drug-likeness (QED) is 0.812. The van der Waals surface area contributed by atoms with Gasteiger partial charge in [0.05, 0.1) is 24.9 Å². The number of anilines is 1. The highest BCUT2D eigenvalue weighted by molar-refractivity contribution is 6.31. The van der Waals surface area contributed by atoms with E-state index in [1.54, 1.807) is 19.1 Å². The molecule has 0 bridgehead atoms. The Labute approximate surface area is 98.3 Å². The first kappa shape index (κ1) is 12.4. The maximum atomic E-state index is 11.0. The van der Waals surface area contributed by atoms with Crippen LogP contribution in [-0.4, -0.2) is 22.5 Å². The van der Waals surface area contributed by atoms with Crippen LogP contribution in [0.2, 0.25) is 5.15 Å². The lowest BCUT2D eigenvalue weighted by molar-refractivity contribution is -0.142. The summed E-state index contributed by atoms with van der Waals surface area (Å²) in [5, 5.41) is 0.151. The van der Waals surface area contributed by atoms with Gasteiger partial charge in [0, 0.05) is 0 Å². The summed E-state index contributed by atoms with van der Waals surface area (Å²) >= 11 is 5.68. The molecule has 0 aliphatic heterocycles. The highest BCUT2D eigenvalue weighted by atomic mass is 35.5. The van der Waals surface area contributed by atoms with Gasteiger partial charge in [0.15, 0.2) is 11.0 Å². The molecule has 0 saturated heterocycles. The van der Waals surface area contributed by atoms with Crippen LogP contribution in [0.5, 0.6) is 0 Å². The third-order valence-electron chi connectivity index (χ3n) is 1.65. The normalized spacial score (nSPS) is 10.6. The number of hydrogen-bond acceptors (Lipinski definition) is 5. The van der Waals surface area contributed by atoms with Crippen LogP contribution < -0.4 is 5.73 Å². The van der Waals surface area contributed by atoms with Gasteiger partial charge in [-0.25, -0.2) is 9.97 Å². The Kier molecular flexibility index (Phi) is 4.72. The second kappa shape index (κ2) is 6.07. The maximum absolute atomic E-state index is 11.0. The highest BCUT2D eigenvalue weighted by Gasteiger charge is 2.00. The Morgan fingerprint density at radius 1 is 1.69 bits per heavy atom. The van der Waals surface area contributed by atoms with Crippen molar-refractivity contribution in [2.24, 2.45) is 0 Å². The summed E-state index contributed by atoms with van der Waals surface area (Å²) in [5.41, 5.74) is 5.95. The third kappa shape index (κ3) is 3.86. The Hall–Kier alpha value is -1.62. The predicted octanol–water partition coefficient (Wildman–Crippen LogP) is 1.68. The van der Waals surface area contributed by atoms with Crippen molar-refractivity contribution in [3.63, 3.8) is 0 Å². The summed E-state index contributed by atoms with van der Waals surface area (Å²) < 4.78 is 4.75. The molecule has 2 N–H and O–H groups in total. The van der Waals surface area contributed by atoms with Gasteiger partial charge < -0.3 is 10.5 Å². The molecule has 0 aliphatic carbocycles. The van der Waals surface area contributed by atoms with Gasteiger partial charge in [-0.15, -0.1) is 0 Å². The molecule has 1 heterocycles. The molecule has 6 heteroatoms. The Morgan fingerprint density at radius 3 is 3.06 bits per heavy atom. The fourth-order valence-electron chi connectivity index (χ4n) is 0.965. The number of esters is 1. The van der Waals surface area contributed by atoms with E-state index < -0.39 is 0 Å². The molecule has 0 unspecified atom stereocenters. The molecule has 86 valence electrons. The van der Waals surface area contributed by atoms with Gasteiger partial charge >= 0.3 is 5.97 Å². The lowest BCUT2D eigenvalue weighted by Crippen LogP contribution is -2.01. The third-order valence-corrected chi connectivity index (χ3v) is 1.93. The van der Waals surface area contributed by atoms with E-state index in [1.165, 1.54) is 6.20 Å². The molecule has 16 heavy (non-hydrogen) atoms. The summed E-state index contributed by atoms with van der Waals surface area (Å²) in [4.78, 5) is 18.8. The van der Waals surface area contributed by atoms with Crippen LogP contribution in [0.3, 0.4) is 0 Å². The lowest BCUT2D eigenvalue weighted by atomic mass is 10.3. The van der Waals surface area contributed by atoms with Crippen LogP contribution >= 0.6 is 11.6 Å². The van der Waals surface area contributed by atoms with Crippen molar-refractivity contribution < 1.29 is 9.53 Å². The molecule has 0 radical (unpaired) electrons. The summed E-state index contributed by atoms with van der Waals surface area (Å²) in [7, 11) is 0. The van der Waals surface area contributed by atoms with E-state index in [0.717, 1.165) is 0 Å². The van der Waals surface area contributed by atoms with E-state index >= 15 is 0 Å². The van der Waals surface area contributed by atoms with Gasteiger partial charge in [-0.2, -0.15) is 0 Å². The van der Waals surface area contributed by atoms with Gasteiger partial charge in [-0.3, -0.25) is 4.79 Å². The van der Waals surface area contributed by atoms with Crippen molar-refractivity contribution in [1.29, 1.82) is 0 Å². The van der Waals surface area contributed by atoms with Crippen LogP contribution in [0.1, 0.15) is 19.0 Å². The van der Waals surface area contributed by atoms with Gasteiger partial charge in [0.25, 0.3) is 0 Å². The SMILES string of the molecule is CCOC(=O)CC=Cc1cnc(N)c(Cl)n1. The second-order valence-corrected chi connectivity index (χ2v) is 3.24. The number of rotatable bonds is 4. The smallest absolute Gasteiger partial charge is 0.309 e. The number of hydrogen-bond donors (Lipinski definition) is 1. The number of nitrogen functional groups attached to an aromatic ring is 1. The number of ether oxygens (including phenoxy) is 1. The van der Waals surface area contributed by atoms with E-state index in [9.17, 15) is 4.79 Å². The molecule has 1 rings (SSSR count). The molecule has 0 aliphatic rings. The molecule has 0 fully saturated rings. The first-order valence-corrected chi connectivity index (χ1v) is 5.11. The zero-order valence-corrected chi connectivity index (χ0v) is 9.57. The Balaban J connectivity index is 2.56. The summed E-state index contributed by atoms with van der Waals surface area (Å²) in [6.07, 6.45) is 4.93. The first-order valence-electron chi connectivity index (χ1n) is 4.73. The average Bonchev–Trinajstić information content (AvgIpc) is 2.24. The minimum absolute atomic E-state index is 0.151. The Bertz CT molecular complexity index is 407. The van der Waals surface area contributed by atoms with Gasteiger partial charge in [0.2, 0.25) is 0 Å². The van der Waals surface area contributed by atoms with Crippen LogP contribution in [-0.2, 0) is 9.53 Å². The van der Waals surface area contributed by atoms with E-state index in [0.29, 0.717) is 12.3 Å². The van der Waals surface area contributed by atoms with Crippen molar-refractivity contribution in [2.75, 3.05) is 12.3 Å². The van der Waals surface area contributed by atoms with Gasteiger partial charge in [0.1, 0.15) is 0 Å².